The van der Waals surface area contributed by atoms with Crippen molar-refractivity contribution in [1.82, 2.24) is 66.9 Å². The SMILES string of the molecule is CCOC(=O)c1c(-c2ccccc2)nc2c(C(=O)O)cccn12.CCOC(=O)c1c(-c2ccccc2)nc2c(N)cccn12.CCOC(=O)c1c(-c2ccccc2)nc2c(NC(=O)OC(C)(C)C)cccn12.CCOC(=O)c1c(-c2ccccc2)nc2c(Nc3cc(N4CCOCC4)ncn3)cccn12.CCOC(=O)c1cccn2c(C(=O)OCC)c(-c3ccccc3)nc12.Clc1cc(N2CCOCC2)ncn1. The number of nitrogen functional groups attached to an aromatic ring is 1. The van der Waals surface area contributed by atoms with Gasteiger partial charge in [0.1, 0.15) is 80.5 Å². The van der Waals surface area contributed by atoms with Crippen molar-refractivity contribution in [2.75, 3.05) is 118 Å². The Morgan fingerprint density at radius 1 is 0.371 bits per heavy atom. The van der Waals surface area contributed by atoms with Gasteiger partial charge < -0.3 is 68.6 Å². The minimum atomic E-state index is -1.10. The highest BCUT2D eigenvalue weighted by Gasteiger charge is 2.31. The Bertz CT molecular complexity index is 7330. The zero-order valence-electron chi connectivity index (χ0n) is 79.8. The number of nitrogens with two attached hydrogens (primary N) is 1. The topological polar surface area (TPSA) is 434 Å². The lowest BCUT2D eigenvalue weighted by Crippen LogP contribution is -2.36. The van der Waals surface area contributed by atoms with Gasteiger partial charge in [-0.25, -0.2) is 83.2 Å². The number of nitrogens with zero attached hydrogens (tertiary/aromatic N) is 16. The molecule has 12 aromatic heterocycles. The zero-order chi connectivity index (χ0) is 101. The first kappa shape index (κ1) is 102. The normalized spacial score (nSPS) is 12.1. The third-order valence-electron chi connectivity index (χ3n) is 21.4. The van der Waals surface area contributed by atoms with E-state index in [9.17, 15) is 43.5 Å². The fourth-order valence-corrected chi connectivity index (χ4v) is 15.4. The number of carbonyl (C=O) groups is 8. The van der Waals surface area contributed by atoms with Crippen LogP contribution in [0.4, 0.5) is 39.3 Å². The second kappa shape index (κ2) is 48.3. The van der Waals surface area contributed by atoms with E-state index in [1.165, 1.54) is 23.1 Å². The summed E-state index contributed by atoms with van der Waals surface area (Å²) in [4.78, 5) is 142. The number of rotatable bonds is 23. The molecular weight excluding hydrogens is 1850 g/mol. The molecule has 38 heteroatoms. The van der Waals surface area contributed by atoms with Crippen molar-refractivity contribution in [3.63, 3.8) is 0 Å². The molecule has 2 aliphatic heterocycles. The monoisotopic (exact) mass is 1950 g/mol. The third-order valence-corrected chi connectivity index (χ3v) is 21.6. The highest BCUT2D eigenvalue weighted by molar-refractivity contribution is 6.29. The molecule has 0 saturated carbocycles. The Labute approximate surface area is 826 Å². The van der Waals surface area contributed by atoms with Crippen LogP contribution in [0.1, 0.15) is 135 Å². The van der Waals surface area contributed by atoms with Crippen LogP contribution in [0.25, 0.3) is 84.5 Å². The van der Waals surface area contributed by atoms with Crippen LogP contribution in [-0.4, -0.2) is 218 Å². The number of esters is 6. The standard InChI is InChI=1S/C24H24N6O3.C21H23N3O4.C19H18N2O4.C17H14N2O4.C16H15N3O2.C8H10ClN3O/c1-2-33-24(31)22-21(17-7-4-3-5-8-17)28-23-18(9-6-10-30(22)23)27-19-15-20(26-16-25-19)29-11-13-32-14-12-29;1-5-27-19(25)17-16(14-10-7-6-8-11-14)23-18-15(12-9-13-24(17)18)22-20(26)28-21(2,3)4;1-3-24-18(22)14-11-8-12-21-16(19(23)25-4-2)15(20-17(14)21)13-9-6-5-7-10-13;1-2-23-17(22)14-13(11-7-4-3-5-8-11)18-15-12(16(20)21)9-6-10-19(14)15;1-2-21-16(20)14-13(11-7-4-3-5-8-11)18-15-12(17)9-6-10-19(14)15;9-7-5-8(11-6-10-7)12-1-3-13-4-2-12/h3-10,15-16H,2,11-14H2,1H3,(H,25,26,27);6-13H,5H2,1-4H3,(H,22,26);5-12H,3-4H2,1-2H3;3-10H,2H2,1H3,(H,20,21);3-10H,2,17H2,1H3;5-6H,1-4H2. The van der Waals surface area contributed by atoms with Gasteiger partial charge in [-0.2, -0.15) is 0 Å². The lowest BCUT2D eigenvalue weighted by molar-refractivity contribution is 0.0508. The lowest BCUT2D eigenvalue weighted by Gasteiger charge is -2.27. The van der Waals surface area contributed by atoms with Gasteiger partial charge in [0.15, 0.2) is 56.7 Å². The summed E-state index contributed by atoms with van der Waals surface area (Å²) in [5.41, 5.74) is 17.5. The number of benzene rings is 5. The maximum atomic E-state index is 12.9. The van der Waals surface area contributed by atoms with E-state index in [2.05, 4.69) is 60.3 Å². The van der Waals surface area contributed by atoms with Crippen LogP contribution in [-0.2, 0) is 42.6 Å². The predicted molar refractivity (Wildman–Crippen MR) is 539 cm³/mol. The van der Waals surface area contributed by atoms with Gasteiger partial charge in [0.2, 0.25) is 0 Å². The van der Waals surface area contributed by atoms with Crippen LogP contribution in [0.5, 0.6) is 0 Å². The number of morpholine rings is 2. The maximum absolute atomic E-state index is 12.9. The van der Waals surface area contributed by atoms with Crippen LogP contribution in [0.3, 0.4) is 0 Å². The van der Waals surface area contributed by atoms with Crippen LogP contribution in [0, 0.1) is 0 Å². The number of hydrogen-bond donors (Lipinski definition) is 4. The van der Waals surface area contributed by atoms with Crippen molar-refractivity contribution >= 4 is 122 Å². The molecule has 5 aromatic carbocycles. The Hall–Kier alpha value is -17.3. The second-order valence-electron chi connectivity index (χ2n) is 32.0. The molecule has 0 unspecified atom stereocenters. The number of anilines is 6. The summed E-state index contributed by atoms with van der Waals surface area (Å²) in [7, 11) is 0. The van der Waals surface area contributed by atoms with Gasteiger partial charge in [-0.15, -0.1) is 0 Å². The Kier molecular flexibility index (Phi) is 34.3. The minimum absolute atomic E-state index is 0.0280. The first-order valence-electron chi connectivity index (χ1n) is 46.0. The Morgan fingerprint density at radius 2 is 0.678 bits per heavy atom. The number of nitrogens with one attached hydrogen (secondary N) is 2. The van der Waals surface area contributed by atoms with Gasteiger partial charge in [0, 0.05) is 97.1 Å². The number of carboxylic acids is 1. The number of aromatic carboxylic acids is 1. The molecule has 2 aliphatic rings. The number of fused-ring (bicyclic) bond motifs is 5. The van der Waals surface area contributed by atoms with Crippen molar-refractivity contribution in [3.05, 3.63) is 313 Å². The quantitative estimate of drug-likeness (QED) is 0.0262. The first-order chi connectivity index (χ1) is 69.4. The van der Waals surface area contributed by atoms with E-state index in [4.69, 9.17) is 65.0 Å². The van der Waals surface area contributed by atoms with Gasteiger partial charge in [-0.05, 0) is 123 Å². The van der Waals surface area contributed by atoms with Crippen molar-refractivity contribution < 1.29 is 86.1 Å². The average molecular weight is 1960 g/mol. The summed E-state index contributed by atoms with van der Waals surface area (Å²) in [6.07, 6.45) is 11.0. The molecule has 1 amide bonds. The molecule has 2 saturated heterocycles. The fourth-order valence-electron chi connectivity index (χ4n) is 15.3. The number of imidazole rings is 5. The Morgan fingerprint density at radius 3 is 1.05 bits per heavy atom. The van der Waals surface area contributed by atoms with Crippen LogP contribution in [0.2, 0.25) is 5.15 Å². The molecular formula is C105H104ClN19O18. The van der Waals surface area contributed by atoms with Crippen molar-refractivity contribution in [2.45, 2.75) is 67.9 Å². The smallest absolute Gasteiger partial charge is 0.412 e. The van der Waals surface area contributed by atoms with Gasteiger partial charge in [-0.1, -0.05) is 163 Å². The van der Waals surface area contributed by atoms with Crippen LogP contribution >= 0.6 is 11.6 Å². The second-order valence-corrected chi connectivity index (χ2v) is 32.4. The number of carboxylic acid groups (broad SMARTS) is 1. The predicted octanol–water partition coefficient (Wildman–Crippen LogP) is 18.0. The molecule has 0 bridgehead atoms. The maximum Gasteiger partial charge on any atom is 0.412 e. The van der Waals surface area contributed by atoms with E-state index >= 15 is 0 Å². The summed E-state index contributed by atoms with van der Waals surface area (Å²) in [5.74, 6) is -1.57. The molecule has 143 heavy (non-hydrogen) atoms. The minimum Gasteiger partial charge on any atom is -0.478 e. The molecule has 0 aliphatic carbocycles. The molecule has 2 fully saturated rings. The number of hydrogen-bond acceptors (Lipinski definition) is 30. The Balaban J connectivity index is 0.000000138. The average Bonchev–Trinajstić information content (AvgIpc) is 1.63. The molecule has 14 heterocycles. The number of ether oxygens (including phenoxy) is 9. The lowest BCUT2D eigenvalue weighted by atomic mass is 10.1. The summed E-state index contributed by atoms with van der Waals surface area (Å²) >= 11 is 5.76. The highest BCUT2D eigenvalue weighted by atomic mass is 35.5. The molecule has 17 aromatic rings. The van der Waals surface area contributed by atoms with E-state index in [1.54, 1.807) is 153 Å². The third kappa shape index (κ3) is 24.7. The molecule has 19 rings (SSSR count). The number of aromatic nitrogens is 14. The van der Waals surface area contributed by atoms with Gasteiger partial charge in [0.05, 0.1) is 83.1 Å². The molecule has 0 radical (unpaired) electrons. The zero-order valence-corrected chi connectivity index (χ0v) is 80.6. The number of amides is 1. The molecule has 0 spiro atoms. The van der Waals surface area contributed by atoms with Crippen molar-refractivity contribution in [1.29, 1.82) is 0 Å². The summed E-state index contributed by atoms with van der Waals surface area (Å²) in [5, 5.41) is 15.9. The van der Waals surface area contributed by atoms with E-state index in [0.29, 0.717) is 116 Å². The van der Waals surface area contributed by atoms with Crippen LogP contribution < -0.4 is 26.2 Å². The highest BCUT2D eigenvalue weighted by Crippen LogP contribution is 2.36. The van der Waals surface area contributed by atoms with Crippen molar-refractivity contribution in [2.24, 2.45) is 0 Å². The number of halogens is 1. The van der Waals surface area contributed by atoms with E-state index < -0.39 is 53.5 Å². The number of carbonyl (C=O) groups excluding carboxylic acids is 7. The van der Waals surface area contributed by atoms with E-state index in [-0.39, 0.29) is 55.6 Å². The first-order valence-corrected chi connectivity index (χ1v) is 46.4. The molecule has 734 valence electrons. The molecule has 37 nitrogen and oxygen atoms in total. The molecule has 0 atom stereocenters. The fraction of sp³-hybridized carbons (Fsp3) is 0.229. The van der Waals surface area contributed by atoms with Crippen molar-refractivity contribution in [3.8, 4) is 56.3 Å². The van der Waals surface area contributed by atoms with Gasteiger partial charge >= 0.3 is 47.9 Å². The molecule has 5 N–H and O–H groups in total. The number of pyridine rings is 5. The van der Waals surface area contributed by atoms with Gasteiger partial charge in [0.25, 0.3) is 0 Å². The summed E-state index contributed by atoms with van der Waals surface area (Å²) < 4.78 is 55.2. The largest absolute Gasteiger partial charge is 0.478 e. The van der Waals surface area contributed by atoms with E-state index in [0.717, 1.165) is 84.5 Å². The van der Waals surface area contributed by atoms with Crippen LogP contribution in [0.15, 0.2) is 268 Å². The van der Waals surface area contributed by atoms with Gasteiger partial charge in [-0.3, -0.25) is 27.3 Å². The summed E-state index contributed by atoms with van der Waals surface area (Å²) in [6, 6.07) is 67.7. The summed E-state index contributed by atoms with van der Waals surface area (Å²) in [6.45, 7) is 23.6. The van der Waals surface area contributed by atoms with E-state index in [1.807, 2.05) is 176 Å².